The van der Waals surface area contributed by atoms with Gasteiger partial charge in [0.15, 0.2) is 5.69 Å². The summed E-state index contributed by atoms with van der Waals surface area (Å²) in [5.41, 5.74) is -3.72. The van der Waals surface area contributed by atoms with E-state index in [0.29, 0.717) is 10.6 Å². The fourth-order valence-corrected chi connectivity index (χ4v) is 2.17. The van der Waals surface area contributed by atoms with Crippen LogP contribution in [0.5, 0.6) is 0 Å². The number of aromatic nitrogens is 2. The van der Waals surface area contributed by atoms with Crippen LogP contribution in [-0.4, -0.2) is 9.66 Å². The summed E-state index contributed by atoms with van der Waals surface area (Å²) >= 11 is 5.72. The molecule has 0 fully saturated rings. The third-order valence-corrected chi connectivity index (χ3v) is 3.34. The van der Waals surface area contributed by atoms with Crippen LogP contribution in [0.25, 0.3) is 0 Å². The molecule has 0 aliphatic heterocycles. The third kappa shape index (κ3) is 3.33. The monoisotopic (exact) mass is 333 g/mol. The zero-order chi connectivity index (χ0) is 16.5. The number of H-pyrrole nitrogens is 1. The van der Waals surface area contributed by atoms with E-state index in [0.717, 1.165) is 0 Å². The predicted molar refractivity (Wildman–Crippen MR) is 75.3 cm³/mol. The molecule has 2 aromatic rings. The van der Waals surface area contributed by atoms with Crippen molar-refractivity contribution in [2.45, 2.75) is 19.0 Å². The van der Waals surface area contributed by atoms with Gasteiger partial charge in [-0.3, -0.25) is 9.78 Å². The predicted octanol–water partition coefficient (Wildman–Crippen LogP) is 1.71. The van der Waals surface area contributed by atoms with Crippen molar-refractivity contribution in [3.05, 3.63) is 66.9 Å². The average molecular weight is 334 g/mol. The zero-order valence-electron chi connectivity index (χ0n) is 11.1. The molecule has 0 radical (unpaired) electrons. The fourth-order valence-electron chi connectivity index (χ4n) is 2.05. The van der Waals surface area contributed by atoms with E-state index in [2.05, 4.69) is 0 Å². The highest BCUT2D eigenvalue weighted by atomic mass is 35.5. The Bertz CT molecular complexity index is 794. The minimum Gasteiger partial charge on any atom is -0.335 e. The highest BCUT2D eigenvalue weighted by molar-refractivity contribution is 6.30. The van der Waals surface area contributed by atoms with Crippen molar-refractivity contribution in [1.29, 1.82) is 0 Å². The largest absolute Gasteiger partial charge is 0.433 e. The average Bonchev–Trinajstić information content (AvgIpc) is 2.41. The molecule has 0 atom stereocenters. The molecular formula is C13H11ClF3N3O2. The van der Waals surface area contributed by atoms with Crippen LogP contribution in [-0.2, 0) is 19.0 Å². The maximum Gasteiger partial charge on any atom is 0.433 e. The maximum atomic E-state index is 13.0. The molecule has 0 spiro atoms. The second kappa shape index (κ2) is 5.88. The minimum absolute atomic E-state index is 0.0847. The molecule has 0 saturated carbocycles. The number of benzene rings is 1. The second-order valence-electron chi connectivity index (χ2n) is 4.58. The lowest BCUT2D eigenvalue weighted by Crippen LogP contribution is -2.42. The van der Waals surface area contributed by atoms with E-state index >= 15 is 0 Å². The molecule has 2 rings (SSSR count). The van der Waals surface area contributed by atoms with Crippen LogP contribution < -0.4 is 17.1 Å². The quantitative estimate of drug-likeness (QED) is 0.839. The van der Waals surface area contributed by atoms with Crippen LogP contribution in [0.4, 0.5) is 13.2 Å². The van der Waals surface area contributed by atoms with Gasteiger partial charge in [0.25, 0.3) is 5.56 Å². The minimum atomic E-state index is -4.91. The molecule has 0 amide bonds. The number of rotatable bonds is 3. The maximum absolute atomic E-state index is 13.0. The Labute approximate surface area is 127 Å². The SMILES string of the molecule is Nn1c(C(F)(F)F)c(CCc2ccc(Cl)cc2)c(=O)[nH]c1=O. The summed E-state index contributed by atoms with van der Waals surface area (Å²) in [5.74, 6) is 5.12. The molecular weight excluding hydrogens is 323 g/mol. The number of alkyl halides is 3. The summed E-state index contributed by atoms with van der Waals surface area (Å²) in [7, 11) is 0. The van der Waals surface area contributed by atoms with E-state index in [1.54, 1.807) is 29.2 Å². The van der Waals surface area contributed by atoms with Crippen LogP contribution in [0.1, 0.15) is 16.8 Å². The molecule has 0 aliphatic rings. The fraction of sp³-hybridized carbons (Fsp3) is 0.231. The smallest absolute Gasteiger partial charge is 0.335 e. The van der Waals surface area contributed by atoms with Crippen molar-refractivity contribution in [3.8, 4) is 0 Å². The number of halogens is 4. The zero-order valence-corrected chi connectivity index (χ0v) is 11.8. The van der Waals surface area contributed by atoms with E-state index in [1.165, 1.54) is 0 Å². The molecule has 5 nitrogen and oxygen atoms in total. The van der Waals surface area contributed by atoms with Crippen LogP contribution in [0, 0.1) is 0 Å². The topological polar surface area (TPSA) is 80.9 Å². The first-order valence-corrected chi connectivity index (χ1v) is 6.53. The molecule has 1 aromatic carbocycles. The van der Waals surface area contributed by atoms with Crippen LogP contribution in [0.2, 0.25) is 5.02 Å². The Hall–Kier alpha value is -2.22. The molecule has 0 aliphatic carbocycles. The summed E-state index contributed by atoms with van der Waals surface area (Å²) in [5, 5.41) is 0.494. The third-order valence-electron chi connectivity index (χ3n) is 3.09. The number of aryl methyl sites for hydroxylation is 1. The Kier molecular flexibility index (Phi) is 4.32. The van der Waals surface area contributed by atoms with Gasteiger partial charge >= 0.3 is 11.9 Å². The normalized spacial score (nSPS) is 11.6. The van der Waals surface area contributed by atoms with Crippen molar-refractivity contribution in [3.63, 3.8) is 0 Å². The lowest BCUT2D eigenvalue weighted by atomic mass is 10.0. The highest BCUT2D eigenvalue weighted by Crippen LogP contribution is 2.29. The summed E-state index contributed by atoms with van der Waals surface area (Å²) in [4.78, 5) is 24.7. The van der Waals surface area contributed by atoms with E-state index < -0.39 is 28.7 Å². The Morgan fingerprint density at radius 2 is 1.73 bits per heavy atom. The number of hydrogen-bond acceptors (Lipinski definition) is 3. The molecule has 9 heteroatoms. The lowest BCUT2D eigenvalue weighted by molar-refractivity contribution is -0.144. The van der Waals surface area contributed by atoms with Gasteiger partial charge in [-0.15, -0.1) is 0 Å². The van der Waals surface area contributed by atoms with Crippen LogP contribution >= 0.6 is 11.6 Å². The van der Waals surface area contributed by atoms with Gasteiger partial charge in [0.05, 0.1) is 0 Å². The van der Waals surface area contributed by atoms with Crippen LogP contribution in [0.15, 0.2) is 33.9 Å². The molecule has 1 aromatic heterocycles. The standard InChI is InChI=1S/C13H11ClF3N3O2/c14-8-4-1-7(2-5-8)3-6-9-10(13(15,16)17)20(18)12(22)19-11(9)21/h1-2,4-5H,3,6,18H2,(H,19,21,22). The molecule has 22 heavy (non-hydrogen) atoms. The summed E-state index contributed by atoms with van der Waals surface area (Å²) in [6.07, 6.45) is -4.96. The number of hydrogen-bond donors (Lipinski definition) is 2. The Balaban J connectivity index is 2.42. The van der Waals surface area contributed by atoms with Crippen molar-refractivity contribution < 1.29 is 13.2 Å². The lowest BCUT2D eigenvalue weighted by Gasteiger charge is -2.15. The van der Waals surface area contributed by atoms with Gasteiger partial charge < -0.3 is 5.84 Å². The van der Waals surface area contributed by atoms with Crippen molar-refractivity contribution in [2.75, 3.05) is 5.84 Å². The van der Waals surface area contributed by atoms with Crippen molar-refractivity contribution >= 4 is 11.6 Å². The first-order chi connectivity index (χ1) is 10.2. The van der Waals surface area contributed by atoms with Gasteiger partial charge in [-0.2, -0.15) is 13.2 Å². The summed E-state index contributed by atoms with van der Waals surface area (Å²) in [6.45, 7) is 0. The van der Waals surface area contributed by atoms with Gasteiger partial charge in [0, 0.05) is 10.6 Å². The Morgan fingerprint density at radius 1 is 1.14 bits per heavy atom. The summed E-state index contributed by atoms with van der Waals surface area (Å²) < 4.78 is 39.0. The number of nitrogen functional groups attached to an aromatic ring is 1. The number of nitrogens with zero attached hydrogens (tertiary/aromatic N) is 1. The summed E-state index contributed by atoms with van der Waals surface area (Å²) in [6, 6.07) is 6.47. The molecule has 1 heterocycles. The van der Waals surface area contributed by atoms with E-state index in [4.69, 9.17) is 17.4 Å². The number of nitrogens with one attached hydrogen (secondary N) is 1. The van der Waals surface area contributed by atoms with E-state index in [9.17, 15) is 22.8 Å². The van der Waals surface area contributed by atoms with Gasteiger partial charge in [0.1, 0.15) is 0 Å². The number of aromatic amines is 1. The first-order valence-electron chi connectivity index (χ1n) is 6.15. The highest BCUT2D eigenvalue weighted by Gasteiger charge is 2.38. The molecule has 3 N–H and O–H groups in total. The molecule has 118 valence electrons. The van der Waals surface area contributed by atoms with Gasteiger partial charge in [-0.05, 0) is 30.5 Å². The number of nitrogens with two attached hydrogens (primary N) is 1. The van der Waals surface area contributed by atoms with Gasteiger partial charge in [-0.1, -0.05) is 23.7 Å². The van der Waals surface area contributed by atoms with Gasteiger partial charge in [0.2, 0.25) is 0 Å². The second-order valence-corrected chi connectivity index (χ2v) is 5.02. The van der Waals surface area contributed by atoms with E-state index in [-0.39, 0.29) is 17.5 Å². The van der Waals surface area contributed by atoms with E-state index in [1.807, 2.05) is 0 Å². The molecule has 0 bridgehead atoms. The van der Waals surface area contributed by atoms with Crippen molar-refractivity contribution in [1.82, 2.24) is 9.66 Å². The van der Waals surface area contributed by atoms with Gasteiger partial charge in [-0.25, -0.2) is 9.47 Å². The first kappa shape index (κ1) is 16.2. The molecule has 0 unspecified atom stereocenters. The van der Waals surface area contributed by atoms with Crippen molar-refractivity contribution in [2.24, 2.45) is 0 Å². The van der Waals surface area contributed by atoms with Crippen LogP contribution in [0.3, 0.4) is 0 Å². The Morgan fingerprint density at radius 3 is 2.27 bits per heavy atom. The molecule has 0 saturated heterocycles.